The van der Waals surface area contributed by atoms with Crippen LogP contribution in [-0.2, 0) is 12.1 Å². The van der Waals surface area contributed by atoms with Crippen molar-refractivity contribution in [3.8, 4) is 0 Å². The van der Waals surface area contributed by atoms with E-state index < -0.39 is 5.54 Å². The molecule has 0 saturated heterocycles. The fourth-order valence-corrected chi connectivity index (χ4v) is 3.43. The lowest BCUT2D eigenvalue weighted by atomic mass is 9.95. The third kappa shape index (κ3) is 3.22. The molecule has 26 heavy (non-hydrogen) atoms. The number of hydrogen-bond donors (Lipinski definition) is 1. The van der Waals surface area contributed by atoms with Gasteiger partial charge in [0.25, 0.3) is 5.91 Å². The van der Waals surface area contributed by atoms with Crippen LogP contribution < -0.4 is 5.32 Å². The number of amides is 1. The molecule has 1 saturated carbocycles. The summed E-state index contributed by atoms with van der Waals surface area (Å²) in [5.41, 5.74) is 1.13. The summed E-state index contributed by atoms with van der Waals surface area (Å²) in [5.74, 6) is 0.961. The minimum absolute atomic E-state index is 0.123. The third-order valence-electron chi connectivity index (χ3n) is 4.79. The second kappa shape index (κ2) is 6.70. The van der Waals surface area contributed by atoms with Crippen LogP contribution in [0.25, 0.3) is 0 Å². The quantitative estimate of drug-likeness (QED) is 0.756. The SMILES string of the molecule is Cc1nc(C2(NC(=O)c3ccc(Cn4cncn4)cc3)CCCC2)no1. The van der Waals surface area contributed by atoms with Crippen LogP contribution in [0, 0.1) is 6.92 Å². The van der Waals surface area contributed by atoms with Gasteiger partial charge in [-0.25, -0.2) is 9.67 Å². The zero-order valence-electron chi connectivity index (χ0n) is 14.6. The van der Waals surface area contributed by atoms with Gasteiger partial charge in [0.2, 0.25) is 5.89 Å². The highest BCUT2D eigenvalue weighted by Gasteiger charge is 2.41. The molecule has 1 fully saturated rings. The van der Waals surface area contributed by atoms with Gasteiger partial charge < -0.3 is 9.84 Å². The molecule has 0 bridgehead atoms. The number of rotatable bonds is 5. The first-order valence-corrected chi connectivity index (χ1v) is 8.69. The van der Waals surface area contributed by atoms with Gasteiger partial charge in [-0.15, -0.1) is 0 Å². The Hall–Kier alpha value is -3.03. The molecule has 134 valence electrons. The topological polar surface area (TPSA) is 98.7 Å². The van der Waals surface area contributed by atoms with E-state index in [0.717, 1.165) is 31.2 Å². The Balaban J connectivity index is 1.50. The average Bonchev–Trinajstić information content (AvgIpc) is 3.38. The molecule has 1 aliphatic rings. The largest absolute Gasteiger partial charge is 0.340 e. The normalized spacial score (nSPS) is 15.9. The first-order chi connectivity index (χ1) is 12.6. The molecule has 4 rings (SSSR count). The molecule has 2 aromatic heterocycles. The second-order valence-corrected chi connectivity index (χ2v) is 6.67. The number of nitrogens with zero attached hydrogens (tertiary/aromatic N) is 5. The van der Waals surface area contributed by atoms with Gasteiger partial charge in [-0.3, -0.25) is 4.79 Å². The summed E-state index contributed by atoms with van der Waals surface area (Å²) < 4.78 is 6.87. The van der Waals surface area contributed by atoms with Crippen molar-refractivity contribution in [3.63, 3.8) is 0 Å². The van der Waals surface area contributed by atoms with E-state index in [1.807, 2.05) is 24.3 Å². The van der Waals surface area contributed by atoms with Crippen molar-refractivity contribution < 1.29 is 9.32 Å². The van der Waals surface area contributed by atoms with E-state index in [9.17, 15) is 4.79 Å². The predicted octanol–water partition coefficient (Wildman–Crippen LogP) is 2.22. The van der Waals surface area contributed by atoms with Gasteiger partial charge in [0.05, 0.1) is 6.54 Å². The van der Waals surface area contributed by atoms with E-state index in [-0.39, 0.29) is 5.91 Å². The van der Waals surface area contributed by atoms with Gasteiger partial charge in [0, 0.05) is 12.5 Å². The Bertz CT molecular complexity index is 879. The van der Waals surface area contributed by atoms with E-state index in [1.165, 1.54) is 6.33 Å². The molecule has 0 atom stereocenters. The Morgan fingerprint density at radius 3 is 2.65 bits per heavy atom. The van der Waals surface area contributed by atoms with Crippen molar-refractivity contribution in [2.45, 2.75) is 44.7 Å². The van der Waals surface area contributed by atoms with Crippen LogP contribution in [0.3, 0.4) is 0 Å². The Morgan fingerprint density at radius 1 is 1.27 bits per heavy atom. The molecule has 1 N–H and O–H groups in total. The lowest BCUT2D eigenvalue weighted by Crippen LogP contribution is -2.44. The molecule has 0 unspecified atom stereocenters. The van der Waals surface area contributed by atoms with Crippen molar-refractivity contribution in [2.24, 2.45) is 0 Å². The van der Waals surface area contributed by atoms with Crippen LogP contribution in [0.15, 0.2) is 41.4 Å². The number of hydrogen-bond acceptors (Lipinski definition) is 6. The van der Waals surface area contributed by atoms with E-state index in [1.54, 1.807) is 17.9 Å². The zero-order valence-corrected chi connectivity index (χ0v) is 14.6. The van der Waals surface area contributed by atoms with Gasteiger partial charge >= 0.3 is 0 Å². The maximum absolute atomic E-state index is 12.8. The number of carbonyl (C=O) groups is 1. The van der Waals surface area contributed by atoms with Crippen LogP contribution >= 0.6 is 0 Å². The maximum Gasteiger partial charge on any atom is 0.252 e. The summed E-state index contributed by atoms with van der Waals surface area (Å²) in [7, 11) is 0. The summed E-state index contributed by atoms with van der Waals surface area (Å²) in [6, 6.07) is 7.50. The van der Waals surface area contributed by atoms with Crippen molar-refractivity contribution in [1.82, 2.24) is 30.2 Å². The molecule has 0 aliphatic heterocycles. The summed E-state index contributed by atoms with van der Waals surface area (Å²) in [6.07, 6.45) is 6.87. The number of nitrogens with one attached hydrogen (secondary N) is 1. The predicted molar refractivity (Wildman–Crippen MR) is 92.2 cm³/mol. The summed E-state index contributed by atoms with van der Waals surface area (Å²) >= 11 is 0. The van der Waals surface area contributed by atoms with E-state index in [0.29, 0.717) is 23.8 Å². The zero-order chi connectivity index (χ0) is 18.0. The molecule has 1 aliphatic carbocycles. The van der Waals surface area contributed by atoms with E-state index in [4.69, 9.17) is 4.52 Å². The highest BCUT2D eigenvalue weighted by molar-refractivity contribution is 5.94. The van der Waals surface area contributed by atoms with Gasteiger partial charge in [-0.05, 0) is 30.5 Å². The molecular weight excluding hydrogens is 332 g/mol. The molecule has 0 radical (unpaired) electrons. The van der Waals surface area contributed by atoms with Crippen molar-refractivity contribution in [2.75, 3.05) is 0 Å². The van der Waals surface area contributed by atoms with Gasteiger partial charge in [0.15, 0.2) is 5.82 Å². The molecule has 8 nitrogen and oxygen atoms in total. The van der Waals surface area contributed by atoms with Crippen molar-refractivity contribution >= 4 is 5.91 Å². The molecule has 8 heteroatoms. The first kappa shape index (κ1) is 16.4. The highest BCUT2D eigenvalue weighted by atomic mass is 16.5. The second-order valence-electron chi connectivity index (χ2n) is 6.67. The molecule has 1 amide bonds. The Labute approximate surface area is 150 Å². The Kier molecular flexibility index (Phi) is 4.24. The molecular formula is C18H20N6O2. The number of carbonyl (C=O) groups excluding carboxylic acids is 1. The lowest BCUT2D eigenvalue weighted by molar-refractivity contribution is 0.0892. The maximum atomic E-state index is 12.8. The molecule has 2 heterocycles. The van der Waals surface area contributed by atoms with Gasteiger partial charge in [-0.1, -0.05) is 30.1 Å². The van der Waals surface area contributed by atoms with Crippen molar-refractivity contribution in [3.05, 3.63) is 59.8 Å². The molecule has 1 aromatic carbocycles. The van der Waals surface area contributed by atoms with Crippen LogP contribution in [-0.4, -0.2) is 30.8 Å². The van der Waals surface area contributed by atoms with Crippen LogP contribution in [0.5, 0.6) is 0 Å². The molecule has 0 spiro atoms. The standard InChI is InChI=1S/C18H20N6O2/c1-13-21-17(23-26-13)18(8-2-3-9-18)22-16(25)15-6-4-14(5-7-15)10-24-12-19-11-20-24/h4-7,11-12H,2-3,8-10H2,1H3,(H,22,25). The third-order valence-corrected chi connectivity index (χ3v) is 4.79. The summed E-state index contributed by atoms with van der Waals surface area (Å²) in [6.45, 7) is 2.38. The van der Waals surface area contributed by atoms with Crippen LogP contribution in [0.1, 0.15) is 53.3 Å². The van der Waals surface area contributed by atoms with E-state index >= 15 is 0 Å². The minimum Gasteiger partial charge on any atom is -0.340 e. The number of benzene rings is 1. The average molecular weight is 352 g/mol. The lowest BCUT2D eigenvalue weighted by Gasteiger charge is -2.26. The van der Waals surface area contributed by atoms with Crippen molar-refractivity contribution in [1.29, 1.82) is 0 Å². The van der Waals surface area contributed by atoms with Gasteiger partial charge in [0.1, 0.15) is 18.2 Å². The Morgan fingerprint density at radius 2 is 2.04 bits per heavy atom. The summed E-state index contributed by atoms with van der Waals surface area (Å²) in [5, 5.41) is 11.3. The fraction of sp³-hybridized carbons (Fsp3) is 0.389. The summed E-state index contributed by atoms with van der Waals surface area (Å²) in [4.78, 5) is 21.1. The van der Waals surface area contributed by atoms with Crippen LogP contribution in [0.2, 0.25) is 0 Å². The number of aryl methyl sites for hydroxylation is 1. The minimum atomic E-state index is -0.533. The van der Waals surface area contributed by atoms with Gasteiger partial charge in [-0.2, -0.15) is 10.1 Å². The molecule has 3 aromatic rings. The number of aromatic nitrogens is 5. The van der Waals surface area contributed by atoms with E-state index in [2.05, 4.69) is 25.5 Å². The van der Waals surface area contributed by atoms with Crippen LogP contribution in [0.4, 0.5) is 0 Å². The first-order valence-electron chi connectivity index (χ1n) is 8.69. The smallest absolute Gasteiger partial charge is 0.252 e. The monoisotopic (exact) mass is 352 g/mol. The highest BCUT2D eigenvalue weighted by Crippen LogP contribution is 2.37. The fourth-order valence-electron chi connectivity index (χ4n) is 3.43.